The maximum Gasteiger partial charge on any atom is 0.280 e. The Bertz CT molecular complexity index is 1230. The molecule has 3 aromatic carbocycles. The average molecular weight is 512 g/mol. The molecule has 0 bridgehead atoms. The highest BCUT2D eigenvalue weighted by molar-refractivity contribution is 9.10. The van der Waals surface area contributed by atoms with E-state index in [0.29, 0.717) is 38.9 Å². The molecule has 3 aromatic rings. The van der Waals surface area contributed by atoms with E-state index in [4.69, 9.17) is 21.1 Å². The minimum absolute atomic E-state index is 0.176. The second-order valence-corrected chi connectivity index (χ2v) is 8.44. The molecule has 5 nitrogen and oxygen atoms in total. The Kier molecular flexibility index (Phi) is 6.63. The van der Waals surface area contributed by atoms with Crippen LogP contribution >= 0.6 is 27.5 Å². The van der Waals surface area contributed by atoms with Gasteiger partial charge < -0.3 is 9.47 Å². The van der Waals surface area contributed by atoms with Crippen LogP contribution in [0.2, 0.25) is 5.02 Å². The number of carbonyl (C=O) groups is 1. The van der Waals surface area contributed by atoms with Crippen LogP contribution in [-0.2, 0) is 11.4 Å². The van der Waals surface area contributed by atoms with Crippen molar-refractivity contribution in [3.05, 3.63) is 92.9 Å². The zero-order valence-corrected chi connectivity index (χ0v) is 19.9. The Morgan fingerprint density at radius 3 is 2.59 bits per heavy atom. The number of carbonyl (C=O) groups excluding carboxylic acids is 1. The predicted molar refractivity (Wildman–Crippen MR) is 131 cm³/mol. The van der Waals surface area contributed by atoms with Gasteiger partial charge in [-0.15, -0.1) is 0 Å². The number of rotatable bonds is 6. The van der Waals surface area contributed by atoms with Crippen LogP contribution in [-0.4, -0.2) is 18.7 Å². The highest BCUT2D eigenvalue weighted by Gasteiger charge is 2.28. The monoisotopic (exact) mass is 510 g/mol. The molecule has 0 spiro atoms. The standard InChI is InChI=1S/C25H20BrClN2O3/c1-16-21(25(30)29(28-16)20-9-4-3-5-10-20)12-18-13-22(26)24(23(14-18)31-2)32-15-17-7-6-8-19(27)11-17/h3-14H,15H2,1-2H3/b21-12+. The summed E-state index contributed by atoms with van der Waals surface area (Å²) in [6.07, 6.45) is 1.80. The molecule has 7 heteroatoms. The van der Waals surface area contributed by atoms with Gasteiger partial charge in [-0.2, -0.15) is 10.1 Å². The van der Waals surface area contributed by atoms with Crippen molar-refractivity contribution in [1.29, 1.82) is 0 Å². The molecule has 0 N–H and O–H groups in total. The van der Waals surface area contributed by atoms with E-state index in [0.717, 1.165) is 16.8 Å². The molecule has 1 amide bonds. The molecule has 1 aliphatic rings. The molecule has 0 fully saturated rings. The van der Waals surface area contributed by atoms with Gasteiger partial charge in [0.05, 0.1) is 28.6 Å². The fraction of sp³-hybridized carbons (Fsp3) is 0.120. The largest absolute Gasteiger partial charge is 0.493 e. The fourth-order valence-electron chi connectivity index (χ4n) is 3.34. The van der Waals surface area contributed by atoms with Crippen molar-refractivity contribution >= 4 is 50.9 Å². The number of methoxy groups -OCH3 is 1. The number of hydrogen-bond acceptors (Lipinski definition) is 4. The van der Waals surface area contributed by atoms with Gasteiger partial charge in [0.25, 0.3) is 5.91 Å². The van der Waals surface area contributed by atoms with Crippen LogP contribution in [0.25, 0.3) is 6.08 Å². The van der Waals surface area contributed by atoms with E-state index >= 15 is 0 Å². The number of ether oxygens (including phenoxy) is 2. The lowest BCUT2D eigenvalue weighted by atomic mass is 10.1. The molecule has 0 aliphatic carbocycles. The van der Waals surface area contributed by atoms with Crippen LogP contribution in [0.3, 0.4) is 0 Å². The van der Waals surface area contributed by atoms with E-state index in [1.807, 2.05) is 73.7 Å². The quantitative estimate of drug-likeness (QED) is 0.355. The zero-order valence-electron chi connectivity index (χ0n) is 17.5. The van der Waals surface area contributed by atoms with E-state index < -0.39 is 0 Å². The van der Waals surface area contributed by atoms with Crippen LogP contribution < -0.4 is 14.5 Å². The topological polar surface area (TPSA) is 51.1 Å². The van der Waals surface area contributed by atoms with Crippen LogP contribution in [0, 0.1) is 0 Å². The number of amides is 1. The number of halogens is 2. The first-order chi connectivity index (χ1) is 15.5. The second kappa shape index (κ2) is 9.59. The van der Waals surface area contributed by atoms with Crippen molar-refractivity contribution in [3.8, 4) is 11.5 Å². The summed E-state index contributed by atoms with van der Waals surface area (Å²) in [4.78, 5) is 13.0. The van der Waals surface area contributed by atoms with Crippen molar-refractivity contribution in [2.24, 2.45) is 5.10 Å². The van der Waals surface area contributed by atoms with Gasteiger partial charge in [-0.25, -0.2) is 0 Å². The summed E-state index contributed by atoms with van der Waals surface area (Å²) >= 11 is 9.62. The van der Waals surface area contributed by atoms with E-state index in [1.54, 1.807) is 13.2 Å². The molecular weight excluding hydrogens is 492 g/mol. The second-order valence-electron chi connectivity index (χ2n) is 7.15. The molecule has 1 heterocycles. The number of benzene rings is 3. The number of hydrazone groups is 1. The summed E-state index contributed by atoms with van der Waals surface area (Å²) in [6.45, 7) is 2.16. The third kappa shape index (κ3) is 4.71. The van der Waals surface area contributed by atoms with Gasteiger partial charge in [0.2, 0.25) is 0 Å². The minimum atomic E-state index is -0.176. The molecule has 0 aromatic heterocycles. The molecular formula is C25H20BrClN2O3. The summed E-state index contributed by atoms with van der Waals surface area (Å²) in [5.74, 6) is 0.946. The van der Waals surface area contributed by atoms with Gasteiger partial charge in [0.1, 0.15) is 6.61 Å². The first-order valence-corrected chi connectivity index (χ1v) is 11.0. The summed E-state index contributed by atoms with van der Waals surface area (Å²) in [6, 6.07) is 20.6. The highest BCUT2D eigenvalue weighted by Crippen LogP contribution is 2.38. The van der Waals surface area contributed by atoms with Crippen molar-refractivity contribution < 1.29 is 14.3 Å². The first kappa shape index (κ1) is 22.1. The van der Waals surface area contributed by atoms with E-state index in [2.05, 4.69) is 21.0 Å². The summed E-state index contributed by atoms with van der Waals surface area (Å²) in [7, 11) is 1.58. The maximum absolute atomic E-state index is 13.0. The average Bonchev–Trinajstić information content (AvgIpc) is 3.07. The molecule has 0 saturated heterocycles. The lowest BCUT2D eigenvalue weighted by molar-refractivity contribution is -0.114. The lowest BCUT2D eigenvalue weighted by Gasteiger charge is -2.14. The molecule has 1 aliphatic heterocycles. The number of para-hydroxylation sites is 1. The van der Waals surface area contributed by atoms with Gasteiger partial charge in [-0.05, 0) is 76.5 Å². The molecule has 0 radical (unpaired) electrons. The SMILES string of the molecule is COc1cc(/C=C2/C(=O)N(c3ccccc3)N=C2C)cc(Br)c1OCc1cccc(Cl)c1. The predicted octanol–water partition coefficient (Wildman–Crippen LogP) is 6.50. The Morgan fingerprint density at radius 1 is 1.09 bits per heavy atom. The summed E-state index contributed by atoms with van der Waals surface area (Å²) in [5.41, 5.74) is 3.63. The van der Waals surface area contributed by atoms with Crippen LogP contribution in [0.15, 0.2) is 81.9 Å². The molecule has 0 unspecified atom stereocenters. The molecule has 162 valence electrons. The van der Waals surface area contributed by atoms with Gasteiger partial charge >= 0.3 is 0 Å². The van der Waals surface area contributed by atoms with Crippen LogP contribution in [0.5, 0.6) is 11.5 Å². The third-order valence-electron chi connectivity index (χ3n) is 4.90. The Balaban J connectivity index is 1.59. The Labute approximate surface area is 200 Å². The van der Waals surface area contributed by atoms with Gasteiger partial charge in [0.15, 0.2) is 11.5 Å². The van der Waals surface area contributed by atoms with Gasteiger partial charge in [-0.3, -0.25) is 4.79 Å². The normalized spacial score (nSPS) is 14.6. The molecule has 4 rings (SSSR count). The van der Waals surface area contributed by atoms with E-state index in [1.165, 1.54) is 5.01 Å². The number of nitrogens with zero attached hydrogens (tertiary/aromatic N) is 2. The van der Waals surface area contributed by atoms with Crippen LogP contribution in [0.1, 0.15) is 18.1 Å². The summed E-state index contributed by atoms with van der Waals surface area (Å²) < 4.78 is 12.3. The molecule has 0 atom stereocenters. The highest BCUT2D eigenvalue weighted by atomic mass is 79.9. The van der Waals surface area contributed by atoms with E-state index in [9.17, 15) is 4.79 Å². The smallest absolute Gasteiger partial charge is 0.280 e. The molecule has 32 heavy (non-hydrogen) atoms. The summed E-state index contributed by atoms with van der Waals surface area (Å²) in [5, 5.41) is 6.49. The maximum atomic E-state index is 13.0. The third-order valence-corrected chi connectivity index (χ3v) is 5.72. The number of hydrogen-bond donors (Lipinski definition) is 0. The van der Waals surface area contributed by atoms with Crippen LogP contribution in [0.4, 0.5) is 5.69 Å². The van der Waals surface area contributed by atoms with Crippen molar-refractivity contribution in [3.63, 3.8) is 0 Å². The van der Waals surface area contributed by atoms with Crippen molar-refractivity contribution in [1.82, 2.24) is 0 Å². The minimum Gasteiger partial charge on any atom is -0.493 e. The van der Waals surface area contributed by atoms with Gasteiger partial charge in [0, 0.05) is 5.02 Å². The van der Waals surface area contributed by atoms with Crippen molar-refractivity contribution in [2.75, 3.05) is 12.1 Å². The van der Waals surface area contributed by atoms with Gasteiger partial charge in [-0.1, -0.05) is 41.9 Å². The van der Waals surface area contributed by atoms with Crippen molar-refractivity contribution in [2.45, 2.75) is 13.5 Å². The molecule has 0 saturated carbocycles. The fourth-order valence-corrected chi connectivity index (χ4v) is 4.13. The van der Waals surface area contributed by atoms with E-state index in [-0.39, 0.29) is 5.91 Å². The zero-order chi connectivity index (χ0) is 22.7. The number of anilines is 1. The Hall–Kier alpha value is -3.09. The Morgan fingerprint density at radius 2 is 1.88 bits per heavy atom. The lowest BCUT2D eigenvalue weighted by Crippen LogP contribution is -2.21. The first-order valence-electron chi connectivity index (χ1n) is 9.88.